The van der Waals surface area contributed by atoms with E-state index in [9.17, 15) is 21.6 Å². The van der Waals surface area contributed by atoms with Crippen molar-refractivity contribution in [3.05, 3.63) is 47.5 Å². The lowest BCUT2D eigenvalue weighted by molar-refractivity contribution is 0.102. The number of carbonyl (C=O) groups is 1. The van der Waals surface area contributed by atoms with Gasteiger partial charge in [-0.1, -0.05) is 0 Å². The van der Waals surface area contributed by atoms with Gasteiger partial charge in [-0.15, -0.1) is 0 Å². The number of nitrogens with one attached hydrogen (secondary N) is 3. The monoisotopic (exact) mass is 455 g/mol. The maximum atomic E-state index is 12.7. The molecule has 1 amide bonds. The molecule has 11 heteroatoms. The number of benzene rings is 2. The smallest absolute Gasteiger partial charge is 0.255 e. The van der Waals surface area contributed by atoms with Crippen molar-refractivity contribution in [2.24, 2.45) is 0 Å². The second-order valence-electron chi connectivity index (χ2n) is 7.00. The van der Waals surface area contributed by atoms with E-state index in [2.05, 4.69) is 14.8 Å². The van der Waals surface area contributed by atoms with E-state index in [1.807, 2.05) is 0 Å². The van der Waals surface area contributed by atoms with Crippen molar-refractivity contribution in [2.45, 2.75) is 31.7 Å². The molecule has 30 heavy (non-hydrogen) atoms. The average molecular weight is 456 g/mol. The summed E-state index contributed by atoms with van der Waals surface area (Å²) < 4.78 is 57.7. The second kappa shape index (κ2) is 9.02. The number of anilines is 2. The molecule has 0 heterocycles. The largest absolute Gasteiger partial charge is 0.495 e. The molecule has 0 fully saturated rings. The maximum absolute atomic E-state index is 12.7. The van der Waals surface area contributed by atoms with Gasteiger partial charge < -0.3 is 10.1 Å². The second-order valence-corrected chi connectivity index (χ2v) is 10.5. The van der Waals surface area contributed by atoms with Crippen LogP contribution in [-0.4, -0.2) is 42.2 Å². The van der Waals surface area contributed by atoms with Gasteiger partial charge in [0.25, 0.3) is 5.91 Å². The molecule has 164 valence electrons. The number of aryl methyl sites for hydroxylation is 1. The molecule has 0 aliphatic heterocycles. The van der Waals surface area contributed by atoms with Crippen molar-refractivity contribution in [1.82, 2.24) is 4.72 Å². The van der Waals surface area contributed by atoms with Crippen LogP contribution >= 0.6 is 0 Å². The van der Waals surface area contributed by atoms with Gasteiger partial charge in [-0.3, -0.25) is 9.52 Å². The van der Waals surface area contributed by atoms with Crippen molar-refractivity contribution >= 4 is 37.3 Å². The lowest BCUT2D eigenvalue weighted by Gasteiger charge is -2.15. The quantitative estimate of drug-likeness (QED) is 0.560. The fraction of sp³-hybridized carbons (Fsp3) is 0.316. The number of rotatable bonds is 8. The van der Waals surface area contributed by atoms with Crippen molar-refractivity contribution in [1.29, 1.82) is 0 Å². The molecule has 0 aromatic heterocycles. The van der Waals surface area contributed by atoms with E-state index < -0.39 is 26.0 Å². The highest BCUT2D eigenvalue weighted by atomic mass is 32.2. The van der Waals surface area contributed by atoms with Gasteiger partial charge in [-0.2, -0.15) is 0 Å². The maximum Gasteiger partial charge on any atom is 0.255 e. The molecule has 0 aliphatic rings. The Balaban J connectivity index is 2.34. The highest BCUT2D eigenvalue weighted by Gasteiger charge is 2.19. The molecule has 0 atom stereocenters. The number of hydrogen-bond donors (Lipinski definition) is 3. The lowest BCUT2D eigenvalue weighted by atomic mass is 10.1. The number of sulfonamides is 2. The first kappa shape index (κ1) is 23.6. The molecule has 2 rings (SSSR count). The van der Waals surface area contributed by atoms with Gasteiger partial charge in [-0.25, -0.2) is 21.6 Å². The van der Waals surface area contributed by atoms with Crippen molar-refractivity contribution in [2.75, 3.05) is 23.4 Å². The topological polar surface area (TPSA) is 131 Å². The summed E-state index contributed by atoms with van der Waals surface area (Å²) in [7, 11) is -5.80. The van der Waals surface area contributed by atoms with Gasteiger partial charge in [0, 0.05) is 11.6 Å². The van der Waals surface area contributed by atoms with Crippen LogP contribution in [0, 0.1) is 6.92 Å². The van der Waals surface area contributed by atoms with Gasteiger partial charge >= 0.3 is 0 Å². The number of hydrogen-bond acceptors (Lipinski definition) is 6. The van der Waals surface area contributed by atoms with E-state index in [0.29, 0.717) is 17.0 Å². The van der Waals surface area contributed by atoms with E-state index in [-0.39, 0.29) is 22.2 Å². The molecule has 0 saturated carbocycles. The van der Waals surface area contributed by atoms with Gasteiger partial charge in [0.05, 0.1) is 29.6 Å². The van der Waals surface area contributed by atoms with Crippen LogP contribution in [0.3, 0.4) is 0 Å². The summed E-state index contributed by atoms with van der Waals surface area (Å²) in [5.74, 6) is -0.215. The molecule has 2 aromatic carbocycles. The highest BCUT2D eigenvalue weighted by Crippen LogP contribution is 2.28. The van der Waals surface area contributed by atoms with E-state index in [0.717, 1.165) is 6.26 Å². The Morgan fingerprint density at radius 3 is 2.20 bits per heavy atom. The summed E-state index contributed by atoms with van der Waals surface area (Å²) in [6, 6.07) is 8.32. The van der Waals surface area contributed by atoms with Gasteiger partial charge in [0.1, 0.15) is 5.75 Å². The van der Waals surface area contributed by atoms with Crippen molar-refractivity contribution < 1.29 is 26.4 Å². The predicted molar refractivity (Wildman–Crippen MR) is 116 cm³/mol. The van der Waals surface area contributed by atoms with Crippen LogP contribution in [0.1, 0.15) is 29.8 Å². The number of methoxy groups -OCH3 is 1. The van der Waals surface area contributed by atoms with Crippen LogP contribution in [0.2, 0.25) is 0 Å². The first-order chi connectivity index (χ1) is 13.8. The molecule has 3 N–H and O–H groups in total. The molecule has 0 bridgehead atoms. The standard InChI is InChI=1S/C19H25N3O6S2/c1-12(2)21-30(26,27)15-7-9-18(28-4)17(11-15)20-19(23)14-6-8-16(13(3)10-14)22-29(5,24)25/h6-12,21-22H,1-5H3,(H,20,23). The number of carbonyl (C=O) groups excluding carboxylic acids is 1. The number of amides is 1. The zero-order valence-electron chi connectivity index (χ0n) is 17.3. The minimum atomic E-state index is -3.76. The number of ether oxygens (including phenoxy) is 1. The fourth-order valence-corrected chi connectivity index (χ4v) is 4.55. The summed E-state index contributed by atoms with van der Waals surface area (Å²) in [5, 5.41) is 2.64. The van der Waals surface area contributed by atoms with Crippen LogP contribution in [0.4, 0.5) is 11.4 Å². The van der Waals surface area contributed by atoms with Crippen LogP contribution in [0.5, 0.6) is 5.75 Å². The molecule has 0 saturated heterocycles. The minimum absolute atomic E-state index is 0.0174. The van der Waals surface area contributed by atoms with Gasteiger partial charge in [-0.05, 0) is 62.7 Å². The normalized spacial score (nSPS) is 11.9. The molecule has 0 radical (unpaired) electrons. The van der Waals surface area contributed by atoms with E-state index in [1.165, 1.54) is 43.5 Å². The van der Waals surface area contributed by atoms with Crippen LogP contribution in [0.25, 0.3) is 0 Å². The Morgan fingerprint density at radius 1 is 1.00 bits per heavy atom. The lowest BCUT2D eigenvalue weighted by Crippen LogP contribution is -2.30. The predicted octanol–water partition coefficient (Wildman–Crippen LogP) is 2.31. The Kier molecular flexibility index (Phi) is 7.11. The Labute approximate surface area is 176 Å². The fourth-order valence-electron chi connectivity index (χ4n) is 2.64. The van der Waals surface area contributed by atoms with Gasteiger partial charge in [0.15, 0.2) is 0 Å². The summed E-state index contributed by atoms with van der Waals surface area (Å²) in [6.07, 6.45) is 1.04. The van der Waals surface area contributed by atoms with Gasteiger partial charge in [0.2, 0.25) is 20.0 Å². The molecular formula is C19H25N3O6S2. The Bertz CT molecular complexity index is 1160. The summed E-state index contributed by atoms with van der Waals surface area (Å²) in [5.41, 5.74) is 1.37. The summed E-state index contributed by atoms with van der Waals surface area (Å²) in [4.78, 5) is 12.7. The minimum Gasteiger partial charge on any atom is -0.495 e. The third kappa shape index (κ3) is 6.18. The Hall–Kier alpha value is -2.63. The highest BCUT2D eigenvalue weighted by molar-refractivity contribution is 7.92. The first-order valence-corrected chi connectivity index (χ1v) is 12.3. The molecule has 0 aliphatic carbocycles. The molecule has 0 unspecified atom stereocenters. The van der Waals surface area contributed by atoms with Crippen LogP contribution < -0.4 is 19.5 Å². The van der Waals surface area contributed by atoms with E-state index >= 15 is 0 Å². The van der Waals surface area contributed by atoms with Crippen LogP contribution in [0.15, 0.2) is 41.3 Å². The van der Waals surface area contributed by atoms with Crippen molar-refractivity contribution in [3.8, 4) is 5.75 Å². The molecule has 2 aromatic rings. The third-order valence-corrected chi connectivity index (χ3v) is 6.15. The van der Waals surface area contributed by atoms with E-state index in [1.54, 1.807) is 20.8 Å². The van der Waals surface area contributed by atoms with Crippen molar-refractivity contribution in [3.63, 3.8) is 0 Å². The SMILES string of the molecule is COc1ccc(S(=O)(=O)NC(C)C)cc1NC(=O)c1ccc(NS(C)(=O)=O)c(C)c1. The Morgan fingerprint density at radius 2 is 1.67 bits per heavy atom. The molecule has 0 spiro atoms. The zero-order chi connectivity index (χ0) is 22.7. The van der Waals surface area contributed by atoms with Crippen LogP contribution in [-0.2, 0) is 20.0 Å². The molecule has 9 nitrogen and oxygen atoms in total. The van der Waals surface area contributed by atoms with E-state index in [4.69, 9.17) is 4.74 Å². The third-order valence-electron chi connectivity index (χ3n) is 3.90. The zero-order valence-corrected chi connectivity index (χ0v) is 18.9. The summed E-state index contributed by atoms with van der Waals surface area (Å²) in [6.45, 7) is 5.07. The average Bonchev–Trinajstić information content (AvgIpc) is 2.61. The summed E-state index contributed by atoms with van der Waals surface area (Å²) >= 11 is 0. The molecular weight excluding hydrogens is 430 g/mol. The first-order valence-electron chi connectivity index (χ1n) is 8.92.